The first-order valence-electron chi connectivity index (χ1n) is 10.8. The summed E-state index contributed by atoms with van der Waals surface area (Å²) in [5.74, 6) is -0.540. The highest BCUT2D eigenvalue weighted by Gasteiger charge is 2.31. The van der Waals surface area contributed by atoms with Gasteiger partial charge in [-0.05, 0) is 61.1 Å². The fourth-order valence-electron chi connectivity index (χ4n) is 4.23. The Balaban J connectivity index is 1.41. The number of methoxy groups -OCH3 is 1. The van der Waals surface area contributed by atoms with Crippen LogP contribution in [0.1, 0.15) is 34.3 Å². The molecule has 170 valence electrons. The highest BCUT2D eigenvalue weighted by atomic mass is 32.2. The Morgan fingerprint density at radius 3 is 2.34 bits per heavy atom. The molecule has 0 aromatic heterocycles. The van der Waals surface area contributed by atoms with Crippen LogP contribution < -0.4 is 5.32 Å². The van der Waals surface area contributed by atoms with Crippen LogP contribution in [0.2, 0.25) is 0 Å². The van der Waals surface area contributed by atoms with E-state index in [1.165, 1.54) is 17.0 Å². The van der Waals surface area contributed by atoms with Crippen LogP contribution in [-0.4, -0.2) is 62.9 Å². The van der Waals surface area contributed by atoms with Gasteiger partial charge in [-0.25, -0.2) is 18.0 Å². The number of carbonyl (C=O) groups is 2. The Kier molecular flexibility index (Phi) is 6.48. The molecule has 1 saturated heterocycles. The van der Waals surface area contributed by atoms with Crippen molar-refractivity contribution in [3.05, 3.63) is 59.2 Å². The summed E-state index contributed by atoms with van der Waals surface area (Å²) in [6.45, 7) is 0.948. The van der Waals surface area contributed by atoms with Crippen LogP contribution >= 0.6 is 0 Å². The number of amides is 2. The van der Waals surface area contributed by atoms with Gasteiger partial charge in [0.1, 0.15) is 0 Å². The zero-order chi connectivity index (χ0) is 22.7. The lowest BCUT2D eigenvalue weighted by Gasteiger charge is -2.34. The number of sulfonamides is 1. The molecule has 9 heteroatoms. The summed E-state index contributed by atoms with van der Waals surface area (Å²) in [6.07, 6.45) is 4.15. The number of para-hydroxylation sites is 1. The highest BCUT2D eigenvalue weighted by Crippen LogP contribution is 2.26. The average molecular weight is 458 g/mol. The number of rotatable bonds is 4. The molecule has 0 bridgehead atoms. The van der Waals surface area contributed by atoms with E-state index in [9.17, 15) is 18.0 Å². The van der Waals surface area contributed by atoms with E-state index in [2.05, 4.69) is 5.32 Å². The summed E-state index contributed by atoms with van der Waals surface area (Å²) >= 11 is 0. The first kappa shape index (κ1) is 22.3. The molecule has 1 N–H and O–H groups in total. The predicted octanol–water partition coefficient (Wildman–Crippen LogP) is 2.89. The van der Waals surface area contributed by atoms with E-state index in [0.717, 1.165) is 31.2 Å². The molecule has 1 fully saturated rings. The van der Waals surface area contributed by atoms with Crippen molar-refractivity contribution in [1.82, 2.24) is 9.21 Å². The van der Waals surface area contributed by atoms with Crippen LogP contribution in [-0.2, 0) is 27.6 Å². The zero-order valence-electron chi connectivity index (χ0n) is 18.0. The summed E-state index contributed by atoms with van der Waals surface area (Å²) in [6, 6.07) is 11.7. The SMILES string of the molecule is COC(=O)c1ccccc1NC(=O)N1CCN(S(=O)(=O)c2ccc3c(c2)CCCC3)CC1. The molecular formula is C23H27N3O5S. The monoisotopic (exact) mass is 457 g/mol. The Bertz CT molecular complexity index is 1120. The number of hydrogen-bond donors (Lipinski definition) is 1. The van der Waals surface area contributed by atoms with Gasteiger partial charge in [0.25, 0.3) is 0 Å². The molecule has 32 heavy (non-hydrogen) atoms. The van der Waals surface area contributed by atoms with Gasteiger partial charge in [-0.3, -0.25) is 0 Å². The minimum absolute atomic E-state index is 0.214. The van der Waals surface area contributed by atoms with E-state index < -0.39 is 16.0 Å². The first-order chi connectivity index (χ1) is 15.4. The fraction of sp³-hybridized carbons (Fsp3) is 0.391. The van der Waals surface area contributed by atoms with Gasteiger partial charge in [-0.2, -0.15) is 4.31 Å². The third-order valence-electron chi connectivity index (χ3n) is 6.06. The van der Waals surface area contributed by atoms with E-state index in [0.29, 0.717) is 10.6 Å². The molecule has 1 aliphatic carbocycles. The number of nitrogens with one attached hydrogen (secondary N) is 1. The quantitative estimate of drug-likeness (QED) is 0.713. The van der Waals surface area contributed by atoms with Crippen LogP contribution in [0.3, 0.4) is 0 Å². The first-order valence-corrected chi connectivity index (χ1v) is 12.2. The minimum Gasteiger partial charge on any atom is -0.465 e. The topological polar surface area (TPSA) is 96.0 Å². The molecule has 0 radical (unpaired) electrons. The lowest BCUT2D eigenvalue weighted by Crippen LogP contribution is -2.51. The van der Waals surface area contributed by atoms with E-state index in [4.69, 9.17) is 4.74 Å². The molecular weight excluding hydrogens is 430 g/mol. The summed E-state index contributed by atoms with van der Waals surface area (Å²) in [7, 11) is -2.33. The van der Waals surface area contributed by atoms with Gasteiger partial charge in [0.05, 0.1) is 23.3 Å². The second-order valence-electron chi connectivity index (χ2n) is 8.00. The smallest absolute Gasteiger partial charge is 0.339 e. The number of fused-ring (bicyclic) bond motifs is 1. The molecule has 0 unspecified atom stereocenters. The van der Waals surface area contributed by atoms with Crippen molar-refractivity contribution in [3.63, 3.8) is 0 Å². The van der Waals surface area contributed by atoms with Crippen LogP contribution in [0.15, 0.2) is 47.4 Å². The van der Waals surface area contributed by atoms with Crippen LogP contribution in [0.25, 0.3) is 0 Å². The third kappa shape index (κ3) is 4.49. The Morgan fingerprint density at radius 1 is 0.938 bits per heavy atom. The number of urea groups is 1. The second-order valence-corrected chi connectivity index (χ2v) is 9.93. The van der Waals surface area contributed by atoms with Gasteiger partial charge in [-0.15, -0.1) is 0 Å². The van der Waals surface area contributed by atoms with E-state index >= 15 is 0 Å². The largest absolute Gasteiger partial charge is 0.465 e. The van der Waals surface area contributed by atoms with Crippen molar-refractivity contribution in [2.75, 3.05) is 38.6 Å². The van der Waals surface area contributed by atoms with E-state index in [-0.39, 0.29) is 37.8 Å². The maximum atomic E-state index is 13.1. The molecule has 2 aromatic carbocycles. The van der Waals surface area contributed by atoms with Crippen molar-refractivity contribution in [3.8, 4) is 0 Å². The zero-order valence-corrected chi connectivity index (χ0v) is 18.9. The number of piperazine rings is 1. The van der Waals surface area contributed by atoms with Gasteiger partial charge in [0.2, 0.25) is 10.0 Å². The summed E-state index contributed by atoms with van der Waals surface area (Å²) < 4.78 is 32.5. The van der Waals surface area contributed by atoms with Gasteiger partial charge in [0, 0.05) is 26.2 Å². The lowest BCUT2D eigenvalue weighted by atomic mass is 9.92. The lowest BCUT2D eigenvalue weighted by molar-refractivity contribution is 0.0602. The normalized spacial score (nSPS) is 16.8. The Hall–Kier alpha value is -2.91. The maximum Gasteiger partial charge on any atom is 0.339 e. The van der Waals surface area contributed by atoms with Crippen LogP contribution in [0.5, 0.6) is 0 Å². The summed E-state index contributed by atoms with van der Waals surface area (Å²) in [5, 5.41) is 2.73. The molecule has 2 amide bonds. The van der Waals surface area contributed by atoms with Crippen LogP contribution in [0.4, 0.5) is 10.5 Å². The van der Waals surface area contributed by atoms with Gasteiger partial charge < -0.3 is 15.0 Å². The molecule has 2 aromatic rings. The third-order valence-corrected chi connectivity index (χ3v) is 7.95. The predicted molar refractivity (Wildman–Crippen MR) is 120 cm³/mol. The summed E-state index contributed by atoms with van der Waals surface area (Å²) in [4.78, 5) is 26.5. The van der Waals surface area contributed by atoms with Gasteiger partial charge in [-0.1, -0.05) is 18.2 Å². The maximum absolute atomic E-state index is 13.1. The van der Waals surface area contributed by atoms with Crippen molar-refractivity contribution in [2.24, 2.45) is 0 Å². The Labute approximate surface area is 188 Å². The molecule has 1 aliphatic heterocycles. The van der Waals surface area contributed by atoms with Crippen molar-refractivity contribution in [2.45, 2.75) is 30.6 Å². The molecule has 8 nitrogen and oxygen atoms in total. The summed E-state index contributed by atoms with van der Waals surface area (Å²) in [5.41, 5.74) is 2.98. The number of anilines is 1. The average Bonchev–Trinajstić information content (AvgIpc) is 2.83. The van der Waals surface area contributed by atoms with E-state index in [1.54, 1.807) is 35.2 Å². The highest BCUT2D eigenvalue weighted by molar-refractivity contribution is 7.89. The molecule has 0 atom stereocenters. The molecule has 0 saturated carbocycles. The number of ether oxygens (including phenoxy) is 1. The van der Waals surface area contributed by atoms with Gasteiger partial charge in [0.15, 0.2) is 0 Å². The number of aryl methyl sites for hydroxylation is 2. The minimum atomic E-state index is -3.61. The van der Waals surface area contributed by atoms with Crippen molar-refractivity contribution in [1.29, 1.82) is 0 Å². The van der Waals surface area contributed by atoms with Gasteiger partial charge >= 0.3 is 12.0 Å². The molecule has 4 rings (SSSR count). The van der Waals surface area contributed by atoms with Crippen LogP contribution in [0, 0.1) is 0 Å². The van der Waals surface area contributed by atoms with E-state index in [1.807, 2.05) is 12.1 Å². The fourth-order valence-corrected chi connectivity index (χ4v) is 5.70. The number of benzene rings is 2. The second kappa shape index (κ2) is 9.30. The number of hydrogen-bond acceptors (Lipinski definition) is 5. The van der Waals surface area contributed by atoms with Crippen molar-refractivity contribution < 1.29 is 22.7 Å². The molecule has 2 aliphatic rings. The van der Waals surface area contributed by atoms with Crippen molar-refractivity contribution >= 4 is 27.7 Å². The molecule has 1 heterocycles. The molecule has 0 spiro atoms. The number of esters is 1. The standard InChI is InChI=1S/C23H27N3O5S/c1-31-22(27)20-8-4-5-9-21(20)24-23(28)25-12-14-26(15-13-25)32(29,30)19-11-10-17-6-2-3-7-18(17)16-19/h4-5,8-11,16H,2-3,6-7,12-15H2,1H3,(H,24,28). The number of nitrogens with zero attached hydrogens (tertiary/aromatic N) is 2. The number of carbonyl (C=O) groups excluding carboxylic acids is 2. The Morgan fingerprint density at radius 2 is 1.62 bits per heavy atom.